The Labute approximate surface area is 263 Å². The van der Waals surface area contributed by atoms with Gasteiger partial charge in [-0.1, -0.05) is 0 Å². The molecule has 0 aromatic heterocycles. The fourth-order valence-electron chi connectivity index (χ4n) is 3.81. The zero-order valence-electron chi connectivity index (χ0n) is 21.7. The molecule has 29 nitrogen and oxygen atoms in total. The van der Waals surface area contributed by atoms with Gasteiger partial charge in [0.25, 0.3) is 0 Å². The van der Waals surface area contributed by atoms with Gasteiger partial charge >= 0.3 is 68.4 Å². The van der Waals surface area contributed by atoms with E-state index in [-0.39, 0.29) is 0 Å². The molecule has 0 aromatic rings. The highest BCUT2D eigenvalue weighted by Crippen LogP contribution is 2.36. The van der Waals surface area contributed by atoms with Gasteiger partial charge in [-0.3, -0.25) is 27.3 Å². The van der Waals surface area contributed by atoms with Gasteiger partial charge in [0, 0.05) is 0 Å². The van der Waals surface area contributed by atoms with Gasteiger partial charge in [0.05, 0.1) is 13.2 Å². The van der Waals surface area contributed by atoms with Crippen molar-refractivity contribution in [1.82, 2.24) is 0 Å². The van der Waals surface area contributed by atoms with E-state index in [9.17, 15) is 74.1 Å². The van der Waals surface area contributed by atoms with Crippen LogP contribution in [-0.4, -0.2) is 157 Å². The SMILES string of the molecule is O=C(O)[C@H]1O[C@@H](O[C@H]2[C@H](OS(=O)(=O)O)[C@@H](COS(=O)(=O)O)O[C@@H]2COS(=O)(=O)O)[C@H](OS(=O)(=O)O)[C@@H](OS(=O)(=O)O)[C@@H]1OS(=O)(=O)O. The minimum absolute atomic E-state index is 1.52. The van der Waals surface area contributed by atoms with Crippen molar-refractivity contribution in [3.05, 3.63) is 0 Å². The van der Waals surface area contributed by atoms with Gasteiger partial charge in [0.2, 0.25) is 0 Å². The number of hydrogen-bond acceptors (Lipinski definition) is 22. The molecule has 2 rings (SSSR count). The molecule has 0 unspecified atom stereocenters. The minimum atomic E-state index is -5.99. The third-order valence-electron chi connectivity index (χ3n) is 5.13. The van der Waals surface area contributed by atoms with E-state index < -0.39 is 137 Å². The molecule has 278 valence electrons. The summed E-state index contributed by atoms with van der Waals surface area (Å²) in [6.45, 7) is -3.07. The van der Waals surface area contributed by atoms with E-state index in [4.69, 9.17) is 27.9 Å². The smallest absolute Gasteiger partial charge is 0.397 e. The van der Waals surface area contributed by atoms with Crippen molar-refractivity contribution >= 4 is 68.4 Å². The van der Waals surface area contributed by atoms with Gasteiger partial charge in [-0.15, -0.1) is 0 Å². The number of carbonyl (C=O) groups is 1. The molecule has 2 aliphatic rings. The summed E-state index contributed by atoms with van der Waals surface area (Å²) in [6.07, 6.45) is -25.3. The topological polar surface area (TPSA) is 447 Å². The standard InChI is InChI=1S/C12H20O29S6/c13-11(14)9-7(39-45(24,25)26)8(40-46(27,28)29)10(41-47(30,31)32)12(37-9)36-5-3(1-33-42(15,16)17)35-4(2-34-43(18,19)20)6(5)38-44(21,22)23/h3-10,12H,1-2H2,(H,13,14)(H,15,16,17)(H,18,19,20)(H,21,22,23)(H,24,25,26)(H,27,28,29)(H,30,31,32)/t3-,4-,5-,6-,7+,8+,9+,10-,12-/m1/s1. The molecular formula is C12H20O29S6. The summed E-state index contributed by atoms with van der Waals surface area (Å²) in [7, 11) is -34.5. The summed E-state index contributed by atoms with van der Waals surface area (Å²) in [5, 5.41) is 9.55. The molecule has 2 heterocycles. The molecule has 47 heavy (non-hydrogen) atoms. The van der Waals surface area contributed by atoms with E-state index in [0.717, 1.165) is 0 Å². The van der Waals surface area contributed by atoms with Gasteiger partial charge < -0.3 is 19.3 Å². The van der Waals surface area contributed by atoms with E-state index in [1.807, 2.05) is 0 Å². The molecule has 0 aromatic carbocycles. The molecule has 2 aliphatic heterocycles. The third-order valence-corrected chi connectivity index (χ3v) is 7.86. The Morgan fingerprint density at radius 2 is 0.851 bits per heavy atom. The van der Waals surface area contributed by atoms with E-state index in [1.54, 1.807) is 0 Å². The molecule has 7 N–H and O–H groups in total. The Morgan fingerprint density at radius 3 is 1.23 bits per heavy atom. The van der Waals surface area contributed by atoms with Crippen molar-refractivity contribution in [1.29, 1.82) is 0 Å². The fourth-order valence-corrected chi connectivity index (χ4v) is 6.41. The predicted octanol–water partition coefficient (Wildman–Crippen LogP) is -5.66. The largest absolute Gasteiger partial charge is 0.479 e. The molecule has 0 bridgehead atoms. The summed E-state index contributed by atoms with van der Waals surface area (Å²) in [6, 6.07) is 0. The van der Waals surface area contributed by atoms with Crippen molar-refractivity contribution in [2.75, 3.05) is 13.2 Å². The van der Waals surface area contributed by atoms with E-state index in [1.165, 1.54) is 0 Å². The van der Waals surface area contributed by atoms with E-state index in [2.05, 4.69) is 25.1 Å². The van der Waals surface area contributed by atoms with Crippen LogP contribution in [0, 0.1) is 0 Å². The quantitative estimate of drug-likeness (QED) is 0.0672. The summed E-state index contributed by atoms with van der Waals surface area (Å²) in [5.41, 5.74) is 0. The summed E-state index contributed by atoms with van der Waals surface area (Å²) in [5.74, 6) is -2.40. The lowest BCUT2D eigenvalue weighted by atomic mass is 9.98. The molecule has 0 aliphatic carbocycles. The molecule has 2 fully saturated rings. The molecule has 0 amide bonds. The highest BCUT2D eigenvalue weighted by Gasteiger charge is 2.59. The number of hydrogen-bond donors (Lipinski definition) is 7. The lowest BCUT2D eigenvalue weighted by Crippen LogP contribution is -2.64. The molecule has 9 atom stereocenters. The van der Waals surface area contributed by atoms with Gasteiger partial charge in [-0.05, 0) is 0 Å². The van der Waals surface area contributed by atoms with Crippen molar-refractivity contribution in [2.24, 2.45) is 0 Å². The first-order chi connectivity index (χ1) is 20.8. The number of aliphatic carboxylic acids is 1. The second kappa shape index (κ2) is 14.8. The highest BCUT2D eigenvalue weighted by molar-refractivity contribution is 7.82. The van der Waals surface area contributed by atoms with Crippen molar-refractivity contribution in [3.8, 4) is 0 Å². The Balaban J connectivity index is 2.78. The first kappa shape index (κ1) is 41.7. The van der Waals surface area contributed by atoms with Crippen LogP contribution in [0.1, 0.15) is 0 Å². The Bertz CT molecular complexity index is 1800. The Kier molecular flexibility index (Phi) is 13.2. The van der Waals surface area contributed by atoms with Crippen LogP contribution >= 0.6 is 0 Å². The van der Waals surface area contributed by atoms with Crippen LogP contribution < -0.4 is 0 Å². The Morgan fingerprint density at radius 1 is 0.489 bits per heavy atom. The first-order valence-corrected chi connectivity index (χ1v) is 19.1. The van der Waals surface area contributed by atoms with Gasteiger partial charge in [-0.25, -0.2) is 29.9 Å². The van der Waals surface area contributed by atoms with Crippen LogP contribution in [0.4, 0.5) is 0 Å². The zero-order chi connectivity index (χ0) is 36.6. The predicted molar refractivity (Wildman–Crippen MR) is 131 cm³/mol. The molecular weight excluding hydrogens is 801 g/mol. The average Bonchev–Trinajstić information content (AvgIpc) is 3.11. The number of carboxylic acid groups (broad SMARTS) is 1. The zero-order valence-corrected chi connectivity index (χ0v) is 26.6. The van der Waals surface area contributed by atoms with Crippen LogP contribution in [0.3, 0.4) is 0 Å². The van der Waals surface area contributed by atoms with Gasteiger partial charge in [0.15, 0.2) is 18.5 Å². The fraction of sp³-hybridized carbons (Fsp3) is 0.917. The van der Waals surface area contributed by atoms with E-state index in [0.29, 0.717) is 0 Å². The van der Waals surface area contributed by atoms with Crippen LogP contribution in [0.25, 0.3) is 0 Å². The maximum absolute atomic E-state index is 11.9. The summed E-state index contributed by atoms with van der Waals surface area (Å²) in [4.78, 5) is 11.9. The summed E-state index contributed by atoms with van der Waals surface area (Å²) < 4.78 is 230. The van der Waals surface area contributed by atoms with E-state index >= 15 is 0 Å². The maximum atomic E-state index is 11.9. The van der Waals surface area contributed by atoms with Crippen molar-refractivity contribution < 1.29 is 127 Å². The maximum Gasteiger partial charge on any atom is 0.397 e. The van der Waals surface area contributed by atoms with Crippen molar-refractivity contribution in [3.63, 3.8) is 0 Å². The normalized spacial score (nSPS) is 31.5. The van der Waals surface area contributed by atoms with Gasteiger partial charge in [-0.2, -0.15) is 50.5 Å². The lowest BCUT2D eigenvalue weighted by molar-refractivity contribution is -0.299. The second-order valence-corrected chi connectivity index (χ2v) is 14.8. The van der Waals surface area contributed by atoms with Crippen LogP contribution in [-0.2, 0) is 106 Å². The monoisotopic (exact) mass is 820 g/mol. The molecule has 0 radical (unpaired) electrons. The molecule has 2 saturated heterocycles. The molecule has 35 heteroatoms. The van der Waals surface area contributed by atoms with Crippen LogP contribution in [0.2, 0.25) is 0 Å². The number of carboxylic acids is 1. The van der Waals surface area contributed by atoms with Gasteiger partial charge in [0.1, 0.15) is 36.6 Å². The summed E-state index contributed by atoms with van der Waals surface area (Å²) >= 11 is 0. The first-order valence-electron chi connectivity index (χ1n) is 10.9. The third kappa shape index (κ3) is 14.5. The second-order valence-electron chi connectivity index (χ2n) is 8.46. The average molecular weight is 821 g/mol. The highest BCUT2D eigenvalue weighted by atomic mass is 32.3. The molecule has 0 spiro atoms. The van der Waals surface area contributed by atoms with Crippen LogP contribution in [0.15, 0.2) is 0 Å². The lowest BCUT2D eigenvalue weighted by Gasteiger charge is -2.43. The van der Waals surface area contributed by atoms with Crippen molar-refractivity contribution in [2.45, 2.75) is 55.1 Å². The Hall–Kier alpha value is -1.43. The minimum Gasteiger partial charge on any atom is -0.479 e. The molecule has 0 saturated carbocycles. The number of rotatable bonds is 17. The van der Waals surface area contributed by atoms with Crippen LogP contribution in [0.5, 0.6) is 0 Å². The number of ether oxygens (including phenoxy) is 3.